The standard InChI is InChI=1S/C16H22N2O/c19-16(17-12-13-6-2-1-3-7-13)18-11-10-14-8-4-5-9-15(14)18/h4-5,8-9,13H,1-3,6-7,10-12H2,(H,17,19). The summed E-state index contributed by atoms with van der Waals surface area (Å²) in [5, 5.41) is 3.12. The van der Waals surface area contributed by atoms with Crippen LogP contribution in [0.3, 0.4) is 0 Å². The van der Waals surface area contributed by atoms with Gasteiger partial charge in [-0.05, 0) is 36.8 Å². The van der Waals surface area contributed by atoms with Crippen LogP contribution in [-0.2, 0) is 6.42 Å². The molecule has 0 bridgehead atoms. The molecular formula is C16H22N2O. The zero-order valence-electron chi connectivity index (χ0n) is 11.4. The first kappa shape index (κ1) is 12.5. The molecule has 1 fully saturated rings. The molecule has 1 N–H and O–H groups in total. The zero-order chi connectivity index (χ0) is 13.1. The largest absolute Gasteiger partial charge is 0.337 e. The van der Waals surface area contributed by atoms with Gasteiger partial charge in [-0.15, -0.1) is 0 Å². The van der Waals surface area contributed by atoms with E-state index in [2.05, 4.69) is 11.4 Å². The van der Waals surface area contributed by atoms with Gasteiger partial charge < -0.3 is 5.32 Å². The number of hydrogen-bond donors (Lipinski definition) is 1. The van der Waals surface area contributed by atoms with Crippen molar-refractivity contribution in [1.82, 2.24) is 5.32 Å². The number of para-hydroxylation sites is 1. The number of nitrogens with zero attached hydrogens (tertiary/aromatic N) is 1. The molecule has 0 spiro atoms. The lowest BCUT2D eigenvalue weighted by Gasteiger charge is -2.24. The van der Waals surface area contributed by atoms with Crippen molar-refractivity contribution in [2.24, 2.45) is 5.92 Å². The molecule has 19 heavy (non-hydrogen) atoms. The molecule has 1 aromatic rings. The van der Waals surface area contributed by atoms with Crippen LogP contribution in [0.25, 0.3) is 0 Å². The summed E-state index contributed by atoms with van der Waals surface area (Å²) in [5.41, 5.74) is 2.37. The number of benzene rings is 1. The maximum atomic E-state index is 12.3. The summed E-state index contributed by atoms with van der Waals surface area (Å²) in [7, 11) is 0. The highest BCUT2D eigenvalue weighted by atomic mass is 16.2. The Morgan fingerprint density at radius 2 is 2.00 bits per heavy atom. The van der Waals surface area contributed by atoms with Gasteiger partial charge in [-0.3, -0.25) is 4.90 Å². The van der Waals surface area contributed by atoms with E-state index in [0.29, 0.717) is 5.92 Å². The second-order valence-corrected chi connectivity index (χ2v) is 5.72. The van der Waals surface area contributed by atoms with Gasteiger partial charge in [0.25, 0.3) is 0 Å². The van der Waals surface area contributed by atoms with Gasteiger partial charge in [-0.25, -0.2) is 4.79 Å². The lowest BCUT2D eigenvalue weighted by atomic mass is 9.89. The highest BCUT2D eigenvalue weighted by Crippen LogP contribution is 2.27. The number of carbonyl (C=O) groups excluding carboxylic acids is 1. The molecule has 3 heteroatoms. The molecule has 0 unspecified atom stereocenters. The van der Waals surface area contributed by atoms with Gasteiger partial charge in [-0.2, -0.15) is 0 Å². The van der Waals surface area contributed by atoms with E-state index in [9.17, 15) is 4.79 Å². The fourth-order valence-electron chi connectivity index (χ4n) is 3.27. The topological polar surface area (TPSA) is 32.3 Å². The lowest BCUT2D eigenvalue weighted by Crippen LogP contribution is -2.41. The first-order valence-corrected chi connectivity index (χ1v) is 7.48. The van der Waals surface area contributed by atoms with Crippen LogP contribution in [0.15, 0.2) is 24.3 Å². The Hall–Kier alpha value is -1.51. The number of nitrogens with one attached hydrogen (secondary N) is 1. The summed E-state index contributed by atoms with van der Waals surface area (Å²) in [5.74, 6) is 0.690. The minimum absolute atomic E-state index is 0.0792. The van der Waals surface area contributed by atoms with Crippen LogP contribution in [0.5, 0.6) is 0 Å². The number of hydrogen-bond acceptors (Lipinski definition) is 1. The highest BCUT2D eigenvalue weighted by molar-refractivity contribution is 5.94. The van der Waals surface area contributed by atoms with Crippen molar-refractivity contribution < 1.29 is 4.79 Å². The van der Waals surface area contributed by atoms with Crippen LogP contribution in [-0.4, -0.2) is 19.1 Å². The molecule has 1 saturated carbocycles. The first-order chi connectivity index (χ1) is 9.34. The van der Waals surface area contributed by atoms with Crippen LogP contribution < -0.4 is 10.2 Å². The molecule has 0 radical (unpaired) electrons. The van der Waals surface area contributed by atoms with Gasteiger partial charge in [0.15, 0.2) is 0 Å². The van der Waals surface area contributed by atoms with Gasteiger partial charge in [0.1, 0.15) is 0 Å². The lowest BCUT2D eigenvalue weighted by molar-refractivity contribution is 0.242. The molecule has 2 amide bonds. The van der Waals surface area contributed by atoms with Gasteiger partial charge in [0.2, 0.25) is 0 Å². The zero-order valence-corrected chi connectivity index (χ0v) is 11.4. The third-order valence-corrected chi connectivity index (χ3v) is 4.40. The van der Waals surface area contributed by atoms with E-state index >= 15 is 0 Å². The highest BCUT2D eigenvalue weighted by Gasteiger charge is 2.24. The molecule has 1 aliphatic heterocycles. The summed E-state index contributed by atoms with van der Waals surface area (Å²) in [6.07, 6.45) is 7.55. The second kappa shape index (κ2) is 5.64. The summed E-state index contributed by atoms with van der Waals surface area (Å²) in [6.45, 7) is 1.66. The summed E-state index contributed by atoms with van der Waals surface area (Å²) in [6, 6.07) is 8.29. The van der Waals surface area contributed by atoms with Crippen molar-refractivity contribution in [1.29, 1.82) is 0 Å². The van der Waals surface area contributed by atoms with E-state index in [-0.39, 0.29) is 6.03 Å². The molecule has 3 nitrogen and oxygen atoms in total. The predicted molar refractivity (Wildman–Crippen MR) is 77.5 cm³/mol. The SMILES string of the molecule is O=C(NCC1CCCCC1)N1CCc2ccccc21. The van der Waals surface area contributed by atoms with Gasteiger partial charge in [0.05, 0.1) is 0 Å². The minimum Gasteiger partial charge on any atom is -0.337 e. The normalized spacial score (nSPS) is 19.3. The Morgan fingerprint density at radius 3 is 2.84 bits per heavy atom. The molecule has 102 valence electrons. The average molecular weight is 258 g/mol. The molecule has 2 aliphatic rings. The fourth-order valence-corrected chi connectivity index (χ4v) is 3.27. The number of carbonyl (C=O) groups is 1. The van der Waals surface area contributed by atoms with Crippen molar-refractivity contribution in [2.75, 3.05) is 18.0 Å². The maximum Gasteiger partial charge on any atom is 0.321 e. The van der Waals surface area contributed by atoms with Gasteiger partial charge in [0, 0.05) is 18.8 Å². The molecular weight excluding hydrogens is 236 g/mol. The Balaban J connectivity index is 1.56. The quantitative estimate of drug-likeness (QED) is 0.867. The van der Waals surface area contributed by atoms with Crippen LogP contribution in [0.4, 0.5) is 10.5 Å². The summed E-state index contributed by atoms with van der Waals surface area (Å²) < 4.78 is 0. The molecule has 3 rings (SSSR count). The smallest absolute Gasteiger partial charge is 0.321 e. The van der Waals surface area contributed by atoms with Crippen molar-refractivity contribution >= 4 is 11.7 Å². The van der Waals surface area contributed by atoms with Crippen molar-refractivity contribution in [3.63, 3.8) is 0 Å². The van der Waals surface area contributed by atoms with E-state index in [1.807, 2.05) is 23.1 Å². The fraction of sp³-hybridized carbons (Fsp3) is 0.562. The third-order valence-electron chi connectivity index (χ3n) is 4.40. The van der Waals surface area contributed by atoms with E-state index in [4.69, 9.17) is 0 Å². The van der Waals surface area contributed by atoms with E-state index in [0.717, 1.165) is 25.2 Å². The Morgan fingerprint density at radius 1 is 1.21 bits per heavy atom. The molecule has 1 aliphatic carbocycles. The summed E-state index contributed by atoms with van der Waals surface area (Å²) in [4.78, 5) is 14.2. The van der Waals surface area contributed by atoms with E-state index in [1.54, 1.807) is 0 Å². The maximum absolute atomic E-state index is 12.3. The van der Waals surface area contributed by atoms with Crippen molar-refractivity contribution in [3.8, 4) is 0 Å². The molecule has 0 aromatic heterocycles. The molecule has 1 heterocycles. The molecule has 0 atom stereocenters. The Bertz CT molecular complexity index is 452. The van der Waals surface area contributed by atoms with Crippen molar-refractivity contribution in [2.45, 2.75) is 38.5 Å². The van der Waals surface area contributed by atoms with Crippen LogP contribution in [0.2, 0.25) is 0 Å². The number of amides is 2. The number of anilines is 1. The monoisotopic (exact) mass is 258 g/mol. The number of urea groups is 1. The van der Waals surface area contributed by atoms with Gasteiger partial charge in [-0.1, -0.05) is 37.5 Å². The third kappa shape index (κ3) is 2.75. The van der Waals surface area contributed by atoms with Crippen LogP contribution in [0, 0.1) is 5.92 Å². The first-order valence-electron chi connectivity index (χ1n) is 7.48. The Kier molecular flexibility index (Phi) is 3.72. The van der Waals surface area contributed by atoms with Gasteiger partial charge >= 0.3 is 6.03 Å². The minimum atomic E-state index is 0.0792. The molecule has 0 saturated heterocycles. The average Bonchev–Trinajstić information content (AvgIpc) is 2.90. The Labute approximate surface area is 115 Å². The van der Waals surface area contributed by atoms with E-state index < -0.39 is 0 Å². The van der Waals surface area contributed by atoms with Crippen LogP contribution >= 0.6 is 0 Å². The summed E-state index contributed by atoms with van der Waals surface area (Å²) >= 11 is 0. The van der Waals surface area contributed by atoms with E-state index in [1.165, 1.54) is 37.7 Å². The number of fused-ring (bicyclic) bond motifs is 1. The number of rotatable bonds is 2. The second-order valence-electron chi connectivity index (χ2n) is 5.72. The van der Waals surface area contributed by atoms with Crippen LogP contribution in [0.1, 0.15) is 37.7 Å². The predicted octanol–water partition coefficient (Wildman–Crippen LogP) is 3.34. The molecule has 1 aromatic carbocycles. The van der Waals surface area contributed by atoms with Crippen molar-refractivity contribution in [3.05, 3.63) is 29.8 Å².